The fourth-order valence-electron chi connectivity index (χ4n) is 6.83. The minimum absolute atomic E-state index is 0. The first kappa shape index (κ1) is 52.3. The largest absolute Gasteiger partial charge is 0.371 e. The van der Waals surface area contributed by atoms with Crippen LogP contribution in [0.5, 0.6) is 0 Å². The predicted octanol–water partition coefficient (Wildman–Crippen LogP) is 11.2. The number of pyridine rings is 2. The van der Waals surface area contributed by atoms with Crippen molar-refractivity contribution >= 4 is 62.2 Å². The van der Waals surface area contributed by atoms with Crippen LogP contribution < -0.4 is 33.6 Å². The third kappa shape index (κ3) is 11.4. The van der Waals surface area contributed by atoms with Crippen LogP contribution in [0.2, 0.25) is 5.15 Å². The molecule has 0 radical (unpaired) electrons. The Morgan fingerprint density at radius 1 is 0.667 bits per heavy atom. The number of benzene rings is 4. The molecule has 0 fully saturated rings. The van der Waals surface area contributed by atoms with Gasteiger partial charge in [0, 0.05) is 29.8 Å². The van der Waals surface area contributed by atoms with Crippen molar-refractivity contribution in [1.82, 2.24) is 29.1 Å². The SMILES string of the molecule is C.C.C.Cc1cccc2cc([C@H](C)N)n(-c3cccc(F)c3)c(=O)c12.[C-]#[N+]c1cnc(N)nc1Cl.[C-]#[N+]c1cnc(N)nc1N[C@@H](C)c1cc2cccc(C)c2c(=O)n1-c1cccc(F)c1. The van der Waals surface area contributed by atoms with Crippen LogP contribution in [0.3, 0.4) is 0 Å². The third-order valence-electron chi connectivity index (χ3n) is 9.74. The second kappa shape index (κ2) is 22.5. The van der Waals surface area contributed by atoms with Crippen molar-refractivity contribution in [1.29, 1.82) is 0 Å². The standard InChI is InChI=1S/C23H19FN6O.C18H17FN2O.C5H3ClN4.3CH4/c1-13-6-4-7-15-10-19(14(2)28-21-18(26-3)12-27-23(25)29-21)30(22(31)20(13)15)17-9-5-8-16(24)11-17;1-11-5-3-6-13-9-16(12(2)20)21(18(22)17(11)13)15-8-4-7-14(19)10-15;1-8-3-2-9-5(7)10-4(3)6;;;/h4-12,14H,1-2H3,(H3,25,27,28,29);3-10,12H,20H2,1-2H3;2H,(H2,7,9,10);3*1H4/t14-;12-;;;;/m00..../s1. The third-order valence-corrected chi connectivity index (χ3v) is 10.0. The van der Waals surface area contributed by atoms with Gasteiger partial charge in [0.05, 0.1) is 41.3 Å². The first-order chi connectivity index (χ1) is 30.1. The van der Waals surface area contributed by atoms with E-state index in [0.717, 1.165) is 21.9 Å². The molecule has 0 saturated heterocycles. The Labute approximate surface area is 387 Å². The molecule has 0 aliphatic rings. The van der Waals surface area contributed by atoms with E-state index < -0.39 is 11.9 Å². The van der Waals surface area contributed by atoms with Gasteiger partial charge in [0.25, 0.3) is 11.1 Å². The highest BCUT2D eigenvalue weighted by molar-refractivity contribution is 6.32. The highest BCUT2D eigenvalue weighted by Crippen LogP contribution is 2.30. The average Bonchev–Trinajstić information content (AvgIpc) is 3.24. The molecular weight excluding hydrogens is 862 g/mol. The topological polar surface area (TPSA) is 194 Å². The Hall–Kier alpha value is -8.05. The van der Waals surface area contributed by atoms with E-state index in [-0.39, 0.29) is 79.5 Å². The Kier molecular flexibility index (Phi) is 17.9. The lowest BCUT2D eigenvalue weighted by Gasteiger charge is -2.22. The lowest BCUT2D eigenvalue weighted by atomic mass is 10.0. The summed E-state index contributed by atoms with van der Waals surface area (Å²) in [7, 11) is 0. The summed E-state index contributed by atoms with van der Waals surface area (Å²) in [6.45, 7) is 21.3. The number of fused-ring (bicyclic) bond motifs is 2. The van der Waals surface area contributed by atoms with Crippen molar-refractivity contribution in [3.8, 4) is 11.4 Å². The molecule has 0 aliphatic carbocycles. The fraction of sp³-hybridized carbons (Fsp3) is 0.184. The Bertz CT molecular complexity index is 3230. The number of hydrogen-bond acceptors (Lipinski definition) is 10. The van der Waals surface area contributed by atoms with Gasteiger partial charge in [0.15, 0.2) is 0 Å². The van der Waals surface area contributed by atoms with Gasteiger partial charge in [-0.25, -0.2) is 38.4 Å². The number of halogens is 3. The number of anilines is 3. The van der Waals surface area contributed by atoms with Crippen molar-refractivity contribution in [3.05, 3.63) is 192 Å². The van der Waals surface area contributed by atoms with E-state index in [1.165, 1.54) is 45.8 Å². The van der Waals surface area contributed by atoms with Gasteiger partial charge in [0.2, 0.25) is 23.3 Å². The first-order valence-electron chi connectivity index (χ1n) is 19.1. The molecule has 4 heterocycles. The number of rotatable bonds is 6. The molecule has 2 atom stereocenters. The molecule has 4 aromatic heterocycles. The minimum Gasteiger partial charge on any atom is -0.371 e. The van der Waals surface area contributed by atoms with E-state index in [4.69, 9.17) is 41.9 Å². The summed E-state index contributed by atoms with van der Waals surface area (Å²) in [4.78, 5) is 48.1. The van der Waals surface area contributed by atoms with Gasteiger partial charge in [-0.15, -0.1) is 0 Å². The monoisotopic (exact) mass is 912 g/mol. The minimum atomic E-state index is -0.462. The van der Waals surface area contributed by atoms with Crippen LogP contribution in [0.4, 0.5) is 37.9 Å². The quantitative estimate of drug-likeness (QED) is 0.0921. The lowest BCUT2D eigenvalue weighted by molar-refractivity contribution is 0.624. The molecule has 0 amide bonds. The summed E-state index contributed by atoms with van der Waals surface area (Å²) in [5, 5.41) is 6.08. The molecule has 0 saturated carbocycles. The van der Waals surface area contributed by atoms with E-state index in [1.54, 1.807) is 24.3 Å². The van der Waals surface area contributed by atoms with Gasteiger partial charge in [0.1, 0.15) is 22.6 Å². The summed E-state index contributed by atoms with van der Waals surface area (Å²) in [6.07, 6.45) is 2.63. The maximum Gasteiger partial charge on any atom is 0.263 e. The highest BCUT2D eigenvalue weighted by atomic mass is 35.5. The number of nitrogen functional groups attached to an aromatic ring is 2. The van der Waals surface area contributed by atoms with Gasteiger partial charge >= 0.3 is 0 Å². The predicted molar refractivity (Wildman–Crippen MR) is 264 cm³/mol. The summed E-state index contributed by atoms with van der Waals surface area (Å²) in [6, 6.07) is 26.2. The van der Waals surface area contributed by atoms with Gasteiger partial charge in [-0.1, -0.05) is 82.4 Å². The molecule has 8 aromatic rings. The average molecular weight is 913 g/mol. The second-order valence-electron chi connectivity index (χ2n) is 14.2. The van der Waals surface area contributed by atoms with Crippen molar-refractivity contribution < 1.29 is 8.78 Å². The van der Waals surface area contributed by atoms with Gasteiger partial charge in [-0.2, -0.15) is 0 Å². The van der Waals surface area contributed by atoms with Gasteiger partial charge in [-0.05, 0) is 98.1 Å². The van der Waals surface area contributed by atoms with E-state index in [1.807, 2.05) is 76.2 Å². The normalized spacial score (nSPS) is 11.1. The zero-order valence-electron chi connectivity index (χ0n) is 34.3. The lowest BCUT2D eigenvalue weighted by Crippen LogP contribution is -2.26. The summed E-state index contributed by atoms with van der Waals surface area (Å²) in [5.41, 5.74) is 20.8. The van der Waals surface area contributed by atoms with E-state index >= 15 is 0 Å². The molecule has 66 heavy (non-hydrogen) atoms. The van der Waals surface area contributed by atoms with Crippen molar-refractivity contribution in [2.45, 2.75) is 62.1 Å². The van der Waals surface area contributed by atoms with Crippen LogP contribution in [0, 0.1) is 38.6 Å². The zero-order chi connectivity index (χ0) is 45.5. The molecule has 8 rings (SSSR count). The van der Waals surface area contributed by atoms with Gasteiger partial charge < -0.3 is 22.5 Å². The van der Waals surface area contributed by atoms with Crippen LogP contribution in [-0.2, 0) is 0 Å². The van der Waals surface area contributed by atoms with Crippen molar-refractivity contribution in [2.75, 3.05) is 16.8 Å². The van der Waals surface area contributed by atoms with Crippen molar-refractivity contribution in [2.24, 2.45) is 5.73 Å². The van der Waals surface area contributed by atoms with Crippen LogP contribution in [0.25, 0.3) is 42.6 Å². The molecule has 14 nitrogen and oxygen atoms in total. The van der Waals surface area contributed by atoms with Gasteiger partial charge in [-0.3, -0.25) is 18.7 Å². The molecule has 7 N–H and O–H groups in total. The summed E-state index contributed by atoms with van der Waals surface area (Å²) < 4.78 is 30.6. The van der Waals surface area contributed by atoms with Crippen LogP contribution in [0.15, 0.2) is 119 Å². The Balaban J connectivity index is 0.000000288. The number of aromatic nitrogens is 6. The van der Waals surface area contributed by atoms with E-state index in [9.17, 15) is 18.4 Å². The molecule has 0 spiro atoms. The second-order valence-corrected chi connectivity index (χ2v) is 14.6. The molecule has 0 bridgehead atoms. The molecular formula is C49H51ClF2N12O2. The Morgan fingerprint density at radius 2 is 1.11 bits per heavy atom. The molecule has 17 heteroatoms. The smallest absolute Gasteiger partial charge is 0.263 e. The first-order valence-corrected chi connectivity index (χ1v) is 19.5. The molecule has 0 aliphatic heterocycles. The number of nitrogens with one attached hydrogen (secondary N) is 1. The highest BCUT2D eigenvalue weighted by Gasteiger charge is 2.20. The summed E-state index contributed by atoms with van der Waals surface area (Å²) in [5.74, 6) is -0.460. The van der Waals surface area contributed by atoms with Crippen LogP contribution >= 0.6 is 11.6 Å². The maximum atomic E-state index is 14.0. The van der Waals surface area contributed by atoms with Crippen LogP contribution in [0.1, 0.15) is 70.7 Å². The Morgan fingerprint density at radius 3 is 1.56 bits per heavy atom. The molecule has 4 aromatic carbocycles. The van der Waals surface area contributed by atoms with Crippen molar-refractivity contribution in [3.63, 3.8) is 0 Å². The molecule has 0 unspecified atom stereocenters. The van der Waals surface area contributed by atoms with E-state index in [2.05, 4.69) is 34.9 Å². The number of aryl methyl sites for hydroxylation is 2. The molecule has 340 valence electrons. The summed E-state index contributed by atoms with van der Waals surface area (Å²) >= 11 is 5.48. The number of hydrogen-bond donors (Lipinski definition) is 4. The van der Waals surface area contributed by atoms with Crippen LogP contribution in [-0.4, -0.2) is 29.1 Å². The number of nitrogens with zero attached hydrogens (tertiary/aromatic N) is 8. The zero-order valence-corrected chi connectivity index (χ0v) is 35.1. The number of nitrogens with two attached hydrogens (primary N) is 3. The maximum absolute atomic E-state index is 14.0. The fourth-order valence-corrected chi connectivity index (χ4v) is 7.00. The van der Waals surface area contributed by atoms with E-state index in [0.29, 0.717) is 33.5 Å².